The van der Waals surface area contributed by atoms with Gasteiger partial charge in [-0.3, -0.25) is 4.79 Å². The second-order valence-electron chi connectivity index (χ2n) is 7.68. The monoisotopic (exact) mass is 454 g/mol. The van der Waals surface area contributed by atoms with E-state index in [2.05, 4.69) is 0 Å². The first-order valence-electron chi connectivity index (χ1n) is 9.67. The minimum Gasteiger partial charge on any atom is -0.455 e. The zero-order valence-corrected chi connectivity index (χ0v) is 19.1. The van der Waals surface area contributed by atoms with Crippen LogP contribution in [0.3, 0.4) is 0 Å². The van der Waals surface area contributed by atoms with E-state index < -0.39 is 25.8 Å². The number of anilines is 1. The van der Waals surface area contributed by atoms with E-state index >= 15 is 0 Å². The van der Waals surface area contributed by atoms with E-state index in [1.165, 1.54) is 34.3 Å². The van der Waals surface area contributed by atoms with Crippen molar-refractivity contribution in [2.45, 2.75) is 49.4 Å². The fourth-order valence-corrected chi connectivity index (χ4v) is 5.83. The zero-order valence-electron chi connectivity index (χ0n) is 17.5. The third-order valence-corrected chi connectivity index (χ3v) is 8.18. The fraction of sp³-hybridized carbons (Fsp3) is 0.450. The van der Waals surface area contributed by atoms with Crippen molar-refractivity contribution in [1.82, 2.24) is 4.31 Å². The molecule has 3 rings (SSSR count). The predicted octanol–water partition coefficient (Wildman–Crippen LogP) is 2.83. The molecule has 2 aromatic rings. The van der Waals surface area contributed by atoms with Crippen LogP contribution in [0.1, 0.15) is 43.0 Å². The molecule has 164 valence electrons. The van der Waals surface area contributed by atoms with Crippen LogP contribution in [0.5, 0.6) is 0 Å². The van der Waals surface area contributed by atoms with Gasteiger partial charge in [-0.15, -0.1) is 0 Å². The van der Waals surface area contributed by atoms with Gasteiger partial charge in [0, 0.05) is 37.1 Å². The Balaban J connectivity index is 1.95. The third kappa shape index (κ3) is 4.30. The maximum absolute atomic E-state index is 13.2. The number of hydrogen-bond acceptors (Lipinski definition) is 6. The van der Waals surface area contributed by atoms with Crippen LogP contribution in [-0.2, 0) is 19.9 Å². The molecule has 0 unspecified atom stereocenters. The Kier molecular flexibility index (Phi) is 6.13. The SMILES string of the molecule is Cc1oc(C(=O)N(c2ccc(S(C)(=O)=O)cc2)C(C)C)cc1S(=O)(=O)N1CCCC1. The average Bonchev–Trinajstić information content (AvgIpc) is 3.31. The maximum Gasteiger partial charge on any atom is 0.294 e. The second kappa shape index (κ2) is 8.16. The zero-order chi connectivity index (χ0) is 22.3. The number of aryl methyl sites for hydroxylation is 1. The molecule has 0 aliphatic carbocycles. The van der Waals surface area contributed by atoms with E-state index in [9.17, 15) is 21.6 Å². The largest absolute Gasteiger partial charge is 0.455 e. The van der Waals surface area contributed by atoms with E-state index in [0.717, 1.165) is 19.1 Å². The van der Waals surface area contributed by atoms with Gasteiger partial charge in [0.15, 0.2) is 15.6 Å². The van der Waals surface area contributed by atoms with Crippen molar-refractivity contribution in [1.29, 1.82) is 0 Å². The molecule has 1 aliphatic heterocycles. The van der Waals surface area contributed by atoms with E-state index in [4.69, 9.17) is 4.42 Å². The molecular weight excluding hydrogens is 428 g/mol. The molecule has 1 amide bonds. The molecule has 0 spiro atoms. The summed E-state index contributed by atoms with van der Waals surface area (Å²) < 4.78 is 56.1. The molecule has 1 aliphatic rings. The quantitative estimate of drug-likeness (QED) is 0.665. The van der Waals surface area contributed by atoms with Crippen LogP contribution in [0.25, 0.3) is 0 Å². The molecule has 10 heteroatoms. The number of rotatable bonds is 6. The van der Waals surface area contributed by atoms with Gasteiger partial charge in [0.25, 0.3) is 5.91 Å². The van der Waals surface area contributed by atoms with Crippen LogP contribution in [0, 0.1) is 6.92 Å². The van der Waals surface area contributed by atoms with Gasteiger partial charge in [0.2, 0.25) is 10.0 Å². The molecule has 0 bridgehead atoms. The fourth-order valence-electron chi connectivity index (χ4n) is 3.52. The summed E-state index contributed by atoms with van der Waals surface area (Å²) in [4.78, 5) is 14.8. The maximum atomic E-state index is 13.2. The van der Waals surface area contributed by atoms with Crippen molar-refractivity contribution in [2.24, 2.45) is 0 Å². The van der Waals surface area contributed by atoms with Gasteiger partial charge >= 0.3 is 0 Å². The Morgan fingerprint density at radius 3 is 2.13 bits per heavy atom. The molecule has 2 heterocycles. The molecule has 1 aromatic carbocycles. The van der Waals surface area contributed by atoms with Gasteiger partial charge in [-0.1, -0.05) is 0 Å². The highest BCUT2D eigenvalue weighted by molar-refractivity contribution is 7.90. The standard InChI is InChI=1S/C20H26N2O6S2/c1-14(2)22(16-7-9-17(10-8-16)29(4,24)25)20(23)18-13-19(15(3)28-18)30(26,27)21-11-5-6-12-21/h7-10,13-14H,5-6,11-12H2,1-4H3. The number of carbonyl (C=O) groups is 1. The summed E-state index contributed by atoms with van der Waals surface area (Å²) in [6.07, 6.45) is 2.74. The molecule has 1 aromatic heterocycles. The third-order valence-electron chi connectivity index (χ3n) is 5.04. The van der Waals surface area contributed by atoms with Crippen molar-refractivity contribution in [3.05, 3.63) is 41.9 Å². The Morgan fingerprint density at radius 2 is 1.63 bits per heavy atom. The Bertz CT molecular complexity index is 1140. The highest BCUT2D eigenvalue weighted by atomic mass is 32.2. The second-order valence-corrected chi connectivity index (χ2v) is 11.6. The number of nitrogens with zero attached hydrogens (tertiary/aromatic N) is 2. The highest BCUT2D eigenvalue weighted by Gasteiger charge is 2.33. The number of carbonyl (C=O) groups excluding carboxylic acids is 1. The molecule has 8 nitrogen and oxygen atoms in total. The van der Waals surface area contributed by atoms with Gasteiger partial charge in [-0.05, 0) is 57.9 Å². The summed E-state index contributed by atoms with van der Waals surface area (Å²) in [5.74, 6) is -0.407. The number of furan rings is 1. The van der Waals surface area contributed by atoms with Crippen molar-refractivity contribution in [3.63, 3.8) is 0 Å². The van der Waals surface area contributed by atoms with Crippen LogP contribution in [-0.4, -0.2) is 52.4 Å². The summed E-state index contributed by atoms with van der Waals surface area (Å²) in [6, 6.07) is 6.97. The topological polar surface area (TPSA) is 105 Å². The van der Waals surface area contributed by atoms with Gasteiger partial charge < -0.3 is 9.32 Å². The predicted molar refractivity (Wildman–Crippen MR) is 113 cm³/mol. The lowest BCUT2D eigenvalue weighted by atomic mass is 10.2. The lowest BCUT2D eigenvalue weighted by molar-refractivity contribution is 0.0952. The van der Waals surface area contributed by atoms with Gasteiger partial charge in [0.05, 0.1) is 4.90 Å². The van der Waals surface area contributed by atoms with Crippen LogP contribution in [0.2, 0.25) is 0 Å². The molecule has 0 radical (unpaired) electrons. The average molecular weight is 455 g/mol. The van der Waals surface area contributed by atoms with Crippen molar-refractivity contribution in [2.75, 3.05) is 24.2 Å². The lowest BCUT2D eigenvalue weighted by Crippen LogP contribution is -2.36. The number of hydrogen-bond donors (Lipinski definition) is 0. The summed E-state index contributed by atoms with van der Waals surface area (Å²) in [5, 5.41) is 0. The smallest absolute Gasteiger partial charge is 0.294 e. The van der Waals surface area contributed by atoms with E-state index in [1.54, 1.807) is 26.0 Å². The first-order valence-corrected chi connectivity index (χ1v) is 13.0. The number of sulfone groups is 1. The molecule has 0 N–H and O–H groups in total. The normalized spacial score (nSPS) is 15.6. The first-order chi connectivity index (χ1) is 13.9. The molecular formula is C20H26N2O6S2. The van der Waals surface area contributed by atoms with Crippen LogP contribution in [0.15, 0.2) is 44.5 Å². The van der Waals surface area contributed by atoms with Crippen LogP contribution in [0.4, 0.5) is 5.69 Å². The summed E-state index contributed by atoms with van der Waals surface area (Å²) in [7, 11) is -7.07. The lowest BCUT2D eigenvalue weighted by Gasteiger charge is -2.26. The van der Waals surface area contributed by atoms with Gasteiger partial charge in [-0.25, -0.2) is 16.8 Å². The Morgan fingerprint density at radius 1 is 1.07 bits per heavy atom. The van der Waals surface area contributed by atoms with E-state index in [-0.39, 0.29) is 27.4 Å². The first kappa shape index (κ1) is 22.5. The minimum absolute atomic E-state index is 0.00359. The number of sulfonamides is 1. The summed E-state index contributed by atoms with van der Waals surface area (Å²) in [5.41, 5.74) is 0.486. The van der Waals surface area contributed by atoms with Crippen molar-refractivity contribution < 1.29 is 26.0 Å². The van der Waals surface area contributed by atoms with Gasteiger partial charge in [-0.2, -0.15) is 4.31 Å². The number of benzene rings is 1. The van der Waals surface area contributed by atoms with E-state index in [0.29, 0.717) is 18.8 Å². The van der Waals surface area contributed by atoms with Gasteiger partial charge in [0.1, 0.15) is 10.7 Å². The molecule has 0 saturated carbocycles. The van der Waals surface area contributed by atoms with E-state index in [1.807, 2.05) is 0 Å². The molecule has 30 heavy (non-hydrogen) atoms. The number of amides is 1. The van der Waals surface area contributed by atoms with Crippen molar-refractivity contribution >= 4 is 31.5 Å². The molecule has 1 saturated heterocycles. The van der Waals surface area contributed by atoms with Crippen LogP contribution >= 0.6 is 0 Å². The summed E-state index contributed by atoms with van der Waals surface area (Å²) >= 11 is 0. The highest BCUT2D eigenvalue weighted by Crippen LogP contribution is 2.29. The molecule has 0 atom stereocenters. The van der Waals surface area contributed by atoms with Crippen LogP contribution < -0.4 is 4.90 Å². The Labute approximate surface area is 177 Å². The minimum atomic E-state index is -3.71. The van der Waals surface area contributed by atoms with Crippen molar-refractivity contribution in [3.8, 4) is 0 Å². The molecule has 1 fully saturated rings. The Hall–Kier alpha value is -2.17. The summed E-state index contributed by atoms with van der Waals surface area (Å²) in [6.45, 7) is 6.06.